The molecule has 1 aliphatic rings. The number of thioether (sulfide) groups is 1. The number of hydrogen-bond acceptors (Lipinski definition) is 5. The molecular weight excluding hydrogens is 381 g/mol. The fourth-order valence-corrected chi connectivity index (χ4v) is 4.78. The first-order valence-electron chi connectivity index (χ1n) is 8.12. The van der Waals surface area contributed by atoms with Crippen molar-refractivity contribution in [1.82, 2.24) is 4.98 Å². The summed E-state index contributed by atoms with van der Waals surface area (Å²) in [4.78, 5) is 16.9. The van der Waals surface area contributed by atoms with Crippen LogP contribution in [-0.2, 0) is 11.0 Å². The van der Waals surface area contributed by atoms with Crippen LogP contribution in [0.3, 0.4) is 0 Å². The third-order valence-corrected chi connectivity index (χ3v) is 6.31. The van der Waals surface area contributed by atoms with Crippen molar-refractivity contribution in [3.63, 3.8) is 0 Å². The molecule has 0 spiro atoms. The van der Waals surface area contributed by atoms with Crippen LogP contribution in [0.5, 0.6) is 0 Å². The fourth-order valence-electron chi connectivity index (χ4n) is 2.92. The minimum absolute atomic E-state index is 0.0455. The molecule has 0 bridgehead atoms. The maximum Gasteiger partial charge on any atom is 0.417 e. The number of alkyl halides is 3. The molecule has 0 amide bonds. The minimum Gasteiger partial charge on any atom is -0.299 e. The molecule has 1 fully saturated rings. The molecule has 136 valence electrons. The molecule has 0 aliphatic heterocycles. The number of rotatable bonds is 4. The zero-order valence-corrected chi connectivity index (χ0v) is 15.3. The van der Waals surface area contributed by atoms with E-state index in [1.54, 1.807) is 23.6 Å². The number of carbonyl (C=O) groups is 1. The van der Waals surface area contributed by atoms with Gasteiger partial charge in [0.05, 0.1) is 21.7 Å². The van der Waals surface area contributed by atoms with Crippen LogP contribution in [0.1, 0.15) is 36.8 Å². The third-order valence-electron chi connectivity index (χ3n) is 4.28. The minimum atomic E-state index is -4.64. The molecule has 1 saturated carbocycles. The number of ketones is 1. The zero-order chi connectivity index (χ0) is 18.7. The molecule has 8 heteroatoms. The number of Topliss-reactive ketones (excluding diaryl/α,β-unsaturated/α-hetero) is 1. The van der Waals surface area contributed by atoms with E-state index in [1.807, 2.05) is 0 Å². The van der Waals surface area contributed by atoms with Crippen LogP contribution >= 0.6 is 23.1 Å². The van der Waals surface area contributed by atoms with E-state index in [2.05, 4.69) is 4.98 Å². The van der Waals surface area contributed by atoms with Crippen LogP contribution in [0, 0.1) is 17.2 Å². The second-order valence-electron chi connectivity index (χ2n) is 6.04. The van der Waals surface area contributed by atoms with Gasteiger partial charge in [-0.25, -0.2) is 4.98 Å². The Morgan fingerprint density at radius 1 is 1.38 bits per heavy atom. The van der Waals surface area contributed by atoms with Gasteiger partial charge in [-0.15, -0.1) is 23.1 Å². The highest BCUT2D eigenvalue weighted by Crippen LogP contribution is 2.39. The summed E-state index contributed by atoms with van der Waals surface area (Å²) in [6, 6.07) is 6.02. The summed E-state index contributed by atoms with van der Waals surface area (Å²) in [7, 11) is 0. The topological polar surface area (TPSA) is 53.8 Å². The van der Waals surface area contributed by atoms with Crippen molar-refractivity contribution in [1.29, 1.82) is 5.26 Å². The molecule has 0 saturated heterocycles. The lowest BCUT2D eigenvalue weighted by Gasteiger charge is -2.20. The first kappa shape index (κ1) is 18.9. The van der Waals surface area contributed by atoms with Crippen LogP contribution in [-0.4, -0.2) is 16.5 Å². The van der Waals surface area contributed by atoms with Gasteiger partial charge in [0.15, 0.2) is 0 Å². The van der Waals surface area contributed by atoms with Crippen LogP contribution < -0.4 is 0 Å². The average molecular weight is 396 g/mol. The second kappa shape index (κ2) is 7.80. The van der Waals surface area contributed by atoms with Gasteiger partial charge in [-0.05, 0) is 30.4 Å². The molecule has 3 rings (SSSR count). The van der Waals surface area contributed by atoms with Crippen LogP contribution in [0.2, 0.25) is 0 Å². The molecule has 1 unspecified atom stereocenters. The van der Waals surface area contributed by atoms with Gasteiger partial charge in [0, 0.05) is 18.1 Å². The smallest absolute Gasteiger partial charge is 0.299 e. The van der Waals surface area contributed by atoms with E-state index < -0.39 is 17.3 Å². The number of pyridine rings is 1. The van der Waals surface area contributed by atoms with Gasteiger partial charge >= 0.3 is 6.18 Å². The number of hydrogen-bond donors (Lipinski definition) is 0. The summed E-state index contributed by atoms with van der Waals surface area (Å²) in [6.45, 7) is 0. The Morgan fingerprint density at radius 2 is 2.19 bits per heavy atom. The summed E-state index contributed by atoms with van der Waals surface area (Å²) in [5, 5.41) is 11.1. The lowest BCUT2D eigenvalue weighted by atomic mass is 9.89. The summed E-state index contributed by atoms with van der Waals surface area (Å²) >= 11 is 2.36. The molecule has 1 aliphatic carbocycles. The van der Waals surface area contributed by atoms with E-state index in [1.165, 1.54) is 11.3 Å². The number of thiophene rings is 1. The molecule has 2 aromatic rings. The largest absolute Gasteiger partial charge is 0.417 e. The normalized spacial score (nSPS) is 17.9. The standard InChI is InChI=1S/C18H15F3N2OS2/c19-18(20,21)13-8-14(16-6-3-7-25-16)23-17(12(13)9-22)26-10-11-4-1-2-5-15(11)24/h3,6-8,11H,1-2,4-5,10H2. The summed E-state index contributed by atoms with van der Waals surface area (Å²) in [5.41, 5.74) is -1.24. The van der Waals surface area contributed by atoms with Gasteiger partial charge in [0.1, 0.15) is 16.9 Å². The van der Waals surface area contributed by atoms with Gasteiger partial charge in [0.25, 0.3) is 0 Å². The van der Waals surface area contributed by atoms with E-state index in [4.69, 9.17) is 0 Å². The Bertz CT molecular complexity index is 841. The van der Waals surface area contributed by atoms with Crippen LogP contribution in [0.25, 0.3) is 10.6 Å². The lowest BCUT2D eigenvalue weighted by molar-refractivity contribution is -0.138. The van der Waals surface area contributed by atoms with E-state index >= 15 is 0 Å². The van der Waals surface area contributed by atoms with Gasteiger partial charge < -0.3 is 0 Å². The lowest BCUT2D eigenvalue weighted by Crippen LogP contribution is -2.21. The number of carbonyl (C=O) groups excluding carboxylic acids is 1. The Hall–Kier alpha value is -1.85. The van der Waals surface area contributed by atoms with E-state index in [9.17, 15) is 23.2 Å². The van der Waals surface area contributed by atoms with Crippen LogP contribution in [0.4, 0.5) is 13.2 Å². The Kier molecular flexibility index (Phi) is 5.68. The van der Waals surface area contributed by atoms with Crippen molar-refractivity contribution in [3.05, 3.63) is 34.7 Å². The summed E-state index contributed by atoms with van der Waals surface area (Å²) in [5.74, 6) is 0.320. The molecule has 26 heavy (non-hydrogen) atoms. The SMILES string of the molecule is N#Cc1c(C(F)(F)F)cc(-c2cccs2)nc1SCC1CCCCC1=O. The molecule has 2 aromatic heterocycles. The van der Waals surface area contributed by atoms with E-state index in [0.29, 0.717) is 17.1 Å². The Morgan fingerprint density at radius 3 is 2.81 bits per heavy atom. The quantitative estimate of drug-likeness (QED) is 0.636. The Balaban J connectivity index is 1.98. The van der Waals surface area contributed by atoms with Crippen LogP contribution in [0.15, 0.2) is 28.6 Å². The maximum atomic E-state index is 13.5. The molecule has 0 N–H and O–H groups in total. The van der Waals surface area contributed by atoms with Gasteiger partial charge in [-0.3, -0.25) is 4.79 Å². The maximum absolute atomic E-state index is 13.5. The molecule has 0 radical (unpaired) electrons. The highest BCUT2D eigenvalue weighted by molar-refractivity contribution is 7.99. The Labute approximate surface area is 157 Å². The van der Waals surface area contributed by atoms with Crippen molar-refractivity contribution in [2.45, 2.75) is 36.9 Å². The van der Waals surface area contributed by atoms with Crippen molar-refractivity contribution in [2.75, 3.05) is 5.75 Å². The summed E-state index contributed by atoms with van der Waals surface area (Å²) in [6.07, 6.45) is -1.57. The van der Waals surface area contributed by atoms with Gasteiger partial charge in [-0.2, -0.15) is 18.4 Å². The summed E-state index contributed by atoms with van der Waals surface area (Å²) < 4.78 is 40.4. The molecule has 0 aromatic carbocycles. The first-order valence-corrected chi connectivity index (χ1v) is 9.98. The number of halogens is 3. The van der Waals surface area contributed by atoms with Gasteiger partial charge in [0.2, 0.25) is 0 Å². The fraction of sp³-hybridized carbons (Fsp3) is 0.389. The van der Waals surface area contributed by atoms with E-state index in [0.717, 1.165) is 37.1 Å². The zero-order valence-electron chi connectivity index (χ0n) is 13.7. The van der Waals surface area contributed by atoms with Crippen molar-refractivity contribution in [3.8, 4) is 16.6 Å². The molecule has 1 atom stereocenters. The van der Waals surface area contributed by atoms with Crippen molar-refractivity contribution < 1.29 is 18.0 Å². The number of nitriles is 1. The average Bonchev–Trinajstić information content (AvgIpc) is 3.14. The predicted octanol–water partition coefficient (Wildman–Crippen LogP) is 5.55. The third kappa shape index (κ3) is 4.10. The first-order chi connectivity index (χ1) is 12.4. The monoisotopic (exact) mass is 396 g/mol. The highest BCUT2D eigenvalue weighted by Gasteiger charge is 2.36. The van der Waals surface area contributed by atoms with Gasteiger partial charge in [-0.1, -0.05) is 12.5 Å². The van der Waals surface area contributed by atoms with E-state index in [-0.39, 0.29) is 22.4 Å². The van der Waals surface area contributed by atoms with Crippen molar-refractivity contribution >= 4 is 28.9 Å². The second-order valence-corrected chi connectivity index (χ2v) is 8.00. The predicted molar refractivity (Wildman–Crippen MR) is 95.0 cm³/mol. The molecule has 3 nitrogen and oxygen atoms in total. The highest BCUT2D eigenvalue weighted by atomic mass is 32.2. The molecular formula is C18H15F3N2OS2. The number of aromatic nitrogens is 1. The van der Waals surface area contributed by atoms with Crippen molar-refractivity contribution in [2.24, 2.45) is 5.92 Å². The number of nitrogens with zero attached hydrogens (tertiary/aromatic N) is 2. The molecule has 2 heterocycles.